The van der Waals surface area contributed by atoms with E-state index in [9.17, 15) is 9.59 Å². The van der Waals surface area contributed by atoms with Crippen molar-refractivity contribution in [3.8, 4) is 11.5 Å². The van der Waals surface area contributed by atoms with Crippen LogP contribution >= 0.6 is 15.9 Å². The van der Waals surface area contributed by atoms with Crippen LogP contribution in [0.5, 0.6) is 11.5 Å². The van der Waals surface area contributed by atoms with Gasteiger partial charge in [-0.15, -0.1) is 0 Å². The number of carbonyl (C=O) groups is 2. The van der Waals surface area contributed by atoms with Crippen molar-refractivity contribution in [1.82, 2.24) is 10.9 Å². The third kappa shape index (κ3) is 3.35. The number of hydrogen-bond donors (Lipinski definition) is 2. The van der Waals surface area contributed by atoms with Gasteiger partial charge >= 0.3 is 5.91 Å². The van der Waals surface area contributed by atoms with E-state index in [4.69, 9.17) is 13.9 Å². The molecular weight excluding hydrogens is 416 g/mol. The molecule has 1 unspecified atom stereocenters. The number of hydrogen-bond acceptors (Lipinski definition) is 5. The Hall–Kier alpha value is -3.00. The molecule has 1 aliphatic heterocycles. The Balaban J connectivity index is 1.42. The molecule has 8 heteroatoms. The first-order chi connectivity index (χ1) is 13.0. The average Bonchev–Trinajstić information content (AvgIpc) is 3.01. The number of carbonyl (C=O) groups excluding carboxylic acids is 2. The number of aryl methyl sites for hydroxylation is 1. The second-order valence-corrected chi connectivity index (χ2v) is 6.92. The van der Waals surface area contributed by atoms with Gasteiger partial charge in [-0.1, -0.05) is 28.1 Å². The fourth-order valence-electron chi connectivity index (χ4n) is 2.81. The Morgan fingerprint density at radius 2 is 1.89 bits per heavy atom. The van der Waals surface area contributed by atoms with E-state index in [0.29, 0.717) is 22.6 Å². The Kier molecular flexibility index (Phi) is 4.49. The summed E-state index contributed by atoms with van der Waals surface area (Å²) in [4.78, 5) is 24.7. The molecule has 2 heterocycles. The maximum absolute atomic E-state index is 12.4. The van der Waals surface area contributed by atoms with Crippen LogP contribution in [0, 0.1) is 6.92 Å². The second kappa shape index (κ2) is 6.96. The molecule has 0 fully saturated rings. The van der Waals surface area contributed by atoms with Crippen molar-refractivity contribution >= 4 is 38.7 Å². The lowest BCUT2D eigenvalue weighted by Crippen LogP contribution is -2.50. The minimum Gasteiger partial charge on any atom is -0.485 e. The van der Waals surface area contributed by atoms with Crippen LogP contribution < -0.4 is 20.3 Å². The van der Waals surface area contributed by atoms with E-state index >= 15 is 0 Å². The van der Waals surface area contributed by atoms with Gasteiger partial charge in [0.05, 0.1) is 0 Å². The highest BCUT2D eigenvalue weighted by Crippen LogP contribution is 2.31. The average molecular weight is 431 g/mol. The molecule has 1 aromatic heterocycles. The minimum atomic E-state index is -0.868. The number of hydrazine groups is 1. The lowest BCUT2D eigenvalue weighted by Gasteiger charge is -2.25. The highest BCUT2D eigenvalue weighted by molar-refractivity contribution is 9.10. The van der Waals surface area contributed by atoms with Crippen molar-refractivity contribution in [1.29, 1.82) is 0 Å². The predicted molar refractivity (Wildman–Crippen MR) is 101 cm³/mol. The maximum atomic E-state index is 12.4. The highest BCUT2D eigenvalue weighted by atomic mass is 79.9. The lowest BCUT2D eigenvalue weighted by molar-refractivity contribution is -0.131. The molecule has 0 saturated heterocycles. The number of furan rings is 1. The summed E-state index contributed by atoms with van der Waals surface area (Å²) in [6.45, 7) is 1.83. The third-order valence-corrected chi connectivity index (χ3v) is 4.70. The Labute approximate surface area is 162 Å². The molecular formula is C19H15BrN2O5. The zero-order chi connectivity index (χ0) is 19.0. The van der Waals surface area contributed by atoms with E-state index in [1.165, 1.54) is 0 Å². The molecule has 1 aliphatic rings. The number of rotatable bonds is 2. The van der Waals surface area contributed by atoms with E-state index in [1.54, 1.807) is 31.2 Å². The zero-order valence-electron chi connectivity index (χ0n) is 14.2. The topological polar surface area (TPSA) is 89.8 Å². The first-order valence-electron chi connectivity index (χ1n) is 8.20. The normalized spacial score (nSPS) is 15.4. The van der Waals surface area contributed by atoms with Gasteiger partial charge in [0.1, 0.15) is 12.2 Å². The fourth-order valence-corrected chi connectivity index (χ4v) is 3.18. The van der Waals surface area contributed by atoms with Crippen LogP contribution in [0.1, 0.15) is 16.1 Å². The van der Waals surface area contributed by atoms with Crippen molar-refractivity contribution in [2.75, 3.05) is 6.61 Å². The molecule has 7 nitrogen and oxygen atoms in total. The van der Waals surface area contributed by atoms with Crippen molar-refractivity contribution in [2.45, 2.75) is 13.0 Å². The first-order valence-corrected chi connectivity index (χ1v) is 8.99. The molecule has 1 atom stereocenters. The quantitative estimate of drug-likeness (QED) is 0.609. The minimum absolute atomic E-state index is 0.0520. The number of para-hydroxylation sites is 2. The summed E-state index contributed by atoms with van der Waals surface area (Å²) >= 11 is 3.39. The number of nitrogens with one attached hydrogen (secondary N) is 2. The number of amides is 2. The number of benzene rings is 2. The molecule has 0 aliphatic carbocycles. The van der Waals surface area contributed by atoms with Crippen molar-refractivity contribution in [3.05, 3.63) is 58.3 Å². The van der Waals surface area contributed by atoms with Crippen LogP contribution in [0.25, 0.3) is 11.0 Å². The summed E-state index contributed by atoms with van der Waals surface area (Å²) in [7, 11) is 0. The Morgan fingerprint density at radius 3 is 2.70 bits per heavy atom. The molecule has 0 spiro atoms. The van der Waals surface area contributed by atoms with Gasteiger partial charge in [0, 0.05) is 15.4 Å². The Morgan fingerprint density at radius 1 is 1.11 bits per heavy atom. The third-order valence-electron chi connectivity index (χ3n) is 4.20. The Bertz CT molecular complexity index is 1050. The largest absolute Gasteiger partial charge is 0.485 e. The molecule has 0 radical (unpaired) electrons. The van der Waals surface area contributed by atoms with Crippen LogP contribution in [0.15, 0.2) is 51.4 Å². The number of halogens is 1. The molecule has 138 valence electrons. The van der Waals surface area contributed by atoms with E-state index in [2.05, 4.69) is 26.8 Å². The van der Waals surface area contributed by atoms with Crippen LogP contribution in [0.4, 0.5) is 0 Å². The van der Waals surface area contributed by atoms with Crippen LogP contribution in [0.2, 0.25) is 0 Å². The van der Waals surface area contributed by atoms with Crippen molar-refractivity contribution in [2.24, 2.45) is 0 Å². The van der Waals surface area contributed by atoms with E-state index in [-0.39, 0.29) is 12.4 Å². The van der Waals surface area contributed by atoms with E-state index in [0.717, 1.165) is 9.86 Å². The predicted octanol–water partition coefficient (Wildman–Crippen LogP) is 3.10. The molecule has 0 bridgehead atoms. The molecule has 4 rings (SSSR count). The molecule has 27 heavy (non-hydrogen) atoms. The molecule has 0 saturated carbocycles. The number of ether oxygens (including phenoxy) is 2. The molecule has 2 amide bonds. The van der Waals surface area contributed by atoms with Gasteiger partial charge < -0.3 is 13.9 Å². The van der Waals surface area contributed by atoms with Crippen molar-refractivity contribution < 1.29 is 23.5 Å². The summed E-state index contributed by atoms with van der Waals surface area (Å²) in [5.41, 5.74) is 5.98. The second-order valence-electron chi connectivity index (χ2n) is 6.00. The van der Waals surface area contributed by atoms with Crippen LogP contribution in [-0.4, -0.2) is 24.5 Å². The van der Waals surface area contributed by atoms with Gasteiger partial charge in [-0.25, -0.2) is 0 Å². The van der Waals surface area contributed by atoms with Gasteiger partial charge in [0.15, 0.2) is 17.3 Å². The lowest BCUT2D eigenvalue weighted by atomic mass is 10.1. The van der Waals surface area contributed by atoms with Gasteiger partial charge in [0.25, 0.3) is 5.91 Å². The summed E-state index contributed by atoms with van der Waals surface area (Å²) < 4.78 is 17.6. The standard InChI is InChI=1S/C19H15BrN2O5/c1-10-12-8-11(20)6-7-13(12)27-17(10)19(24)22-21-18(23)16-9-25-14-4-2-3-5-15(14)26-16/h2-8,16H,9H2,1H3,(H,21,23)(H,22,24). The summed E-state index contributed by atoms with van der Waals surface area (Å²) in [5.74, 6) is 0.123. The monoisotopic (exact) mass is 430 g/mol. The molecule has 3 aromatic rings. The maximum Gasteiger partial charge on any atom is 0.305 e. The number of fused-ring (bicyclic) bond motifs is 2. The first kappa shape index (κ1) is 17.4. The van der Waals surface area contributed by atoms with Gasteiger partial charge in [-0.3, -0.25) is 20.4 Å². The summed E-state index contributed by atoms with van der Waals surface area (Å²) in [6.07, 6.45) is -0.868. The van der Waals surface area contributed by atoms with Crippen LogP contribution in [-0.2, 0) is 4.79 Å². The zero-order valence-corrected chi connectivity index (χ0v) is 15.8. The van der Waals surface area contributed by atoms with Gasteiger partial charge in [0.2, 0.25) is 6.10 Å². The molecule has 2 N–H and O–H groups in total. The van der Waals surface area contributed by atoms with Gasteiger partial charge in [-0.05, 0) is 37.3 Å². The SMILES string of the molecule is Cc1c(C(=O)NNC(=O)C2COc3ccccc3O2)oc2ccc(Br)cc12. The van der Waals surface area contributed by atoms with Gasteiger partial charge in [-0.2, -0.15) is 0 Å². The summed E-state index contributed by atoms with van der Waals surface area (Å²) in [6, 6.07) is 12.5. The van der Waals surface area contributed by atoms with E-state index in [1.807, 2.05) is 18.2 Å². The molecule has 2 aromatic carbocycles. The van der Waals surface area contributed by atoms with E-state index < -0.39 is 17.9 Å². The summed E-state index contributed by atoms with van der Waals surface area (Å²) in [5, 5.41) is 0.821. The smallest absolute Gasteiger partial charge is 0.305 e. The highest BCUT2D eigenvalue weighted by Gasteiger charge is 2.28. The fraction of sp³-hybridized carbons (Fsp3) is 0.158. The van der Waals surface area contributed by atoms with Crippen LogP contribution in [0.3, 0.4) is 0 Å². The van der Waals surface area contributed by atoms with Crippen molar-refractivity contribution in [3.63, 3.8) is 0 Å².